The molecule has 15 heavy (non-hydrogen) atoms. The Morgan fingerprint density at radius 2 is 1.53 bits per heavy atom. The van der Waals surface area contributed by atoms with Gasteiger partial charge < -0.3 is 0 Å². The molecule has 0 radical (unpaired) electrons. The van der Waals surface area contributed by atoms with Crippen LogP contribution in [0.2, 0.25) is 0 Å². The second-order valence-corrected chi connectivity index (χ2v) is 3.88. The third-order valence-electron chi connectivity index (χ3n) is 3.04. The van der Waals surface area contributed by atoms with Gasteiger partial charge in [-0.1, -0.05) is 49.6 Å². The molecule has 0 aromatic carbocycles. The van der Waals surface area contributed by atoms with Crippen LogP contribution in [0.1, 0.15) is 59.8 Å². The van der Waals surface area contributed by atoms with Crippen LogP contribution >= 0.6 is 0 Å². The van der Waals surface area contributed by atoms with Crippen molar-refractivity contribution in [1.29, 1.82) is 0 Å². The maximum atomic E-state index is 3.81. The molecule has 0 heteroatoms. The lowest BCUT2D eigenvalue weighted by molar-refractivity contribution is 0.862. The predicted octanol–water partition coefficient (Wildman–Crippen LogP) is 5.43. The normalized spacial score (nSPS) is 11.3. The first-order valence-corrected chi connectivity index (χ1v) is 6.18. The van der Waals surface area contributed by atoms with E-state index in [1.54, 1.807) is 11.1 Å². The van der Waals surface area contributed by atoms with Gasteiger partial charge in [0, 0.05) is 0 Å². The molecule has 0 amide bonds. The highest BCUT2D eigenvalue weighted by Crippen LogP contribution is 2.24. The van der Waals surface area contributed by atoms with Crippen molar-refractivity contribution < 1.29 is 0 Å². The molecule has 0 saturated carbocycles. The molecule has 0 N–H and O–H groups in total. The van der Waals surface area contributed by atoms with Crippen molar-refractivity contribution in [2.24, 2.45) is 0 Å². The van der Waals surface area contributed by atoms with E-state index < -0.39 is 0 Å². The summed E-state index contributed by atoms with van der Waals surface area (Å²) in [6.45, 7) is 12.7. The largest absolute Gasteiger partial charge is 0.103 e. The van der Waals surface area contributed by atoms with Crippen LogP contribution in [-0.2, 0) is 0 Å². The highest BCUT2D eigenvalue weighted by atomic mass is 14.1. The fourth-order valence-corrected chi connectivity index (χ4v) is 2.00. The zero-order valence-electron chi connectivity index (χ0n) is 10.9. The Morgan fingerprint density at radius 3 is 1.87 bits per heavy atom. The van der Waals surface area contributed by atoms with Gasteiger partial charge >= 0.3 is 0 Å². The van der Waals surface area contributed by atoms with E-state index in [-0.39, 0.29) is 0 Å². The fourth-order valence-electron chi connectivity index (χ4n) is 2.00. The van der Waals surface area contributed by atoms with Gasteiger partial charge in [-0.3, -0.25) is 0 Å². The molecule has 0 spiro atoms. The van der Waals surface area contributed by atoms with Crippen molar-refractivity contribution >= 4 is 0 Å². The lowest BCUT2D eigenvalue weighted by Gasteiger charge is -2.13. The summed E-state index contributed by atoms with van der Waals surface area (Å²) in [4.78, 5) is 0. The summed E-state index contributed by atoms with van der Waals surface area (Å²) in [5, 5.41) is 0. The molecule has 0 nitrogen and oxygen atoms in total. The Balaban J connectivity index is 4.69. The van der Waals surface area contributed by atoms with Crippen LogP contribution in [0.25, 0.3) is 0 Å². The highest BCUT2D eigenvalue weighted by Gasteiger charge is 2.04. The minimum atomic E-state index is 1.03. The Kier molecular flexibility index (Phi) is 8.08. The summed E-state index contributed by atoms with van der Waals surface area (Å²) in [7, 11) is 0. The van der Waals surface area contributed by atoms with Crippen molar-refractivity contribution in [3.8, 4) is 0 Å². The maximum Gasteiger partial charge on any atom is -0.0103 e. The number of allylic oxidation sites excluding steroid dienone is 5. The first kappa shape index (κ1) is 14.2. The standard InChI is InChI=1S/C15H26/c1-6-11-13(7-2)12-15(10-5)14(8-3)9-4/h6-7H,1,8-12H2,2-5H3. The SMILES string of the molecule is C=CCC(=CC)CC(CC)=C(CC)CC. The fraction of sp³-hybridized carbons (Fsp3) is 0.600. The lowest BCUT2D eigenvalue weighted by Crippen LogP contribution is -1.93. The summed E-state index contributed by atoms with van der Waals surface area (Å²) in [5.41, 5.74) is 4.78. The average molecular weight is 206 g/mol. The molecule has 0 bridgehead atoms. The van der Waals surface area contributed by atoms with E-state index >= 15 is 0 Å². The van der Waals surface area contributed by atoms with Crippen molar-refractivity contribution in [2.75, 3.05) is 0 Å². The molecule has 0 atom stereocenters. The quantitative estimate of drug-likeness (QED) is 0.487. The monoisotopic (exact) mass is 206 g/mol. The smallest absolute Gasteiger partial charge is 0.0103 e. The average Bonchev–Trinajstić information content (AvgIpc) is 2.27. The lowest BCUT2D eigenvalue weighted by atomic mass is 9.93. The molecular weight excluding hydrogens is 180 g/mol. The van der Waals surface area contributed by atoms with Crippen LogP contribution in [0.4, 0.5) is 0 Å². The summed E-state index contributed by atoms with van der Waals surface area (Å²) >= 11 is 0. The van der Waals surface area contributed by atoms with Crippen LogP contribution in [0.3, 0.4) is 0 Å². The van der Waals surface area contributed by atoms with Crippen LogP contribution in [-0.4, -0.2) is 0 Å². The molecule has 0 unspecified atom stereocenters. The molecule has 0 aromatic heterocycles. The minimum absolute atomic E-state index is 1.03. The van der Waals surface area contributed by atoms with Gasteiger partial charge in [-0.05, 0) is 39.0 Å². The first-order chi connectivity index (χ1) is 7.23. The summed E-state index contributed by atoms with van der Waals surface area (Å²) in [5.74, 6) is 0. The molecule has 0 aliphatic rings. The third-order valence-corrected chi connectivity index (χ3v) is 3.04. The molecule has 0 rings (SSSR count). The molecule has 0 saturated heterocycles. The highest BCUT2D eigenvalue weighted by molar-refractivity contribution is 5.22. The van der Waals surface area contributed by atoms with Gasteiger partial charge in [0.15, 0.2) is 0 Å². The van der Waals surface area contributed by atoms with Crippen LogP contribution in [0.15, 0.2) is 35.5 Å². The van der Waals surface area contributed by atoms with Gasteiger partial charge in [0.1, 0.15) is 0 Å². The van der Waals surface area contributed by atoms with Gasteiger partial charge in [0.2, 0.25) is 0 Å². The first-order valence-electron chi connectivity index (χ1n) is 6.18. The molecule has 0 aliphatic carbocycles. The van der Waals surface area contributed by atoms with E-state index in [1.807, 2.05) is 6.08 Å². The minimum Gasteiger partial charge on any atom is -0.103 e. The van der Waals surface area contributed by atoms with Gasteiger partial charge in [0.05, 0.1) is 0 Å². The summed E-state index contributed by atoms with van der Waals surface area (Å²) in [6, 6.07) is 0. The van der Waals surface area contributed by atoms with E-state index in [1.165, 1.54) is 24.8 Å². The summed E-state index contributed by atoms with van der Waals surface area (Å²) in [6.07, 6.45) is 10.00. The third kappa shape index (κ3) is 5.01. The second kappa shape index (κ2) is 8.52. The van der Waals surface area contributed by atoms with Crippen molar-refractivity contribution in [3.05, 3.63) is 35.5 Å². The van der Waals surface area contributed by atoms with E-state index in [0.29, 0.717) is 0 Å². The van der Waals surface area contributed by atoms with E-state index in [4.69, 9.17) is 0 Å². The number of hydrogen-bond donors (Lipinski definition) is 0. The van der Waals surface area contributed by atoms with Crippen LogP contribution in [0.5, 0.6) is 0 Å². The van der Waals surface area contributed by atoms with Gasteiger partial charge in [-0.25, -0.2) is 0 Å². The van der Waals surface area contributed by atoms with Crippen LogP contribution in [0, 0.1) is 0 Å². The van der Waals surface area contributed by atoms with E-state index in [2.05, 4.69) is 40.3 Å². The van der Waals surface area contributed by atoms with E-state index in [0.717, 1.165) is 12.8 Å². The van der Waals surface area contributed by atoms with Gasteiger partial charge in [0.25, 0.3) is 0 Å². The number of rotatable bonds is 7. The Hall–Kier alpha value is -0.780. The molecule has 0 heterocycles. The number of hydrogen-bond acceptors (Lipinski definition) is 0. The topological polar surface area (TPSA) is 0 Å². The molecule has 0 fully saturated rings. The van der Waals surface area contributed by atoms with Crippen molar-refractivity contribution in [3.63, 3.8) is 0 Å². The molecular formula is C15H26. The zero-order valence-corrected chi connectivity index (χ0v) is 10.9. The Labute approximate surface area is 95.8 Å². The maximum absolute atomic E-state index is 3.81. The van der Waals surface area contributed by atoms with Crippen molar-refractivity contribution in [1.82, 2.24) is 0 Å². The van der Waals surface area contributed by atoms with Gasteiger partial charge in [-0.15, -0.1) is 6.58 Å². The summed E-state index contributed by atoms with van der Waals surface area (Å²) < 4.78 is 0. The molecule has 0 aliphatic heterocycles. The Bertz CT molecular complexity index is 235. The second-order valence-electron chi connectivity index (χ2n) is 3.88. The molecule has 86 valence electrons. The predicted molar refractivity (Wildman–Crippen MR) is 71.1 cm³/mol. The van der Waals surface area contributed by atoms with E-state index in [9.17, 15) is 0 Å². The molecule has 0 aromatic rings. The van der Waals surface area contributed by atoms with Crippen molar-refractivity contribution in [2.45, 2.75) is 59.8 Å². The zero-order chi connectivity index (χ0) is 11.7. The van der Waals surface area contributed by atoms with Gasteiger partial charge in [-0.2, -0.15) is 0 Å². The van der Waals surface area contributed by atoms with Crippen LogP contribution < -0.4 is 0 Å². The Morgan fingerprint density at radius 1 is 1.00 bits per heavy atom.